The Labute approximate surface area is 116 Å². The summed E-state index contributed by atoms with van der Waals surface area (Å²) < 4.78 is 23.0. The summed E-state index contributed by atoms with van der Waals surface area (Å²) in [5.41, 5.74) is 1.49. The predicted molar refractivity (Wildman–Crippen MR) is 77.1 cm³/mol. The average molecular weight is 334 g/mol. The summed E-state index contributed by atoms with van der Waals surface area (Å²) in [6, 6.07) is 5.29. The zero-order valence-electron chi connectivity index (χ0n) is 10.6. The number of nitrogens with zero attached hydrogens (tertiary/aromatic N) is 1. The van der Waals surface area contributed by atoms with Crippen LogP contribution in [0.1, 0.15) is 17.3 Å². The number of anilines is 1. The summed E-state index contributed by atoms with van der Waals surface area (Å²) in [5, 5.41) is 0. The molecule has 0 aliphatic carbocycles. The molecule has 18 heavy (non-hydrogen) atoms. The molecule has 0 heterocycles. The van der Waals surface area contributed by atoms with Crippen LogP contribution in [0.2, 0.25) is 0 Å². The molecule has 0 aliphatic rings. The van der Waals surface area contributed by atoms with E-state index < -0.39 is 9.84 Å². The molecule has 0 saturated heterocycles. The Morgan fingerprint density at radius 1 is 1.39 bits per heavy atom. The molecule has 100 valence electrons. The molecule has 0 unspecified atom stereocenters. The molecular weight excluding hydrogens is 318 g/mol. The summed E-state index contributed by atoms with van der Waals surface area (Å²) in [4.78, 5) is 13.1. The normalized spacial score (nSPS) is 11.3. The van der Waals surface area contributed by atoms with Gasteiger partial charge in [-0.05, 0) is 41.1 Å². The van der Waals surface area contributed by atoms with Crippen LogP contribution in [0.25, 0.3) is 0 Å². The van der Waals surface area contributed by atoms with Crippen molar-refractivity contribution in [1.29, 1.82) is 0 Å². The smallest absolute Gasteiger partial charge is 0.159 e. The number of halogens is 1. The monoisotopic (exact) mass is 333 g/mol. The molecule has 0 amide bonds. The van der Waals surface area contributed by atoms with E-state index in [9.17, 15) is 13.2 Å². The third kappa shape index (κ3) is 4.42. The fraction of sp³-hybridized carbons (Fsp3) is 0.417. The molecule has 0 aromatic heterocycles. The van der Waals surface area contributed by atoms with Crippen LogP contribution in [0.4, 0.5) is 5.69 Å². The number of ketones is 1. The van der Waals surface area contributed by atoms with Gasteiger partial charge in [0.2, 0.25) is 0 Å². The van der Waals surface area contributed by atoms with Gasteiger partial charge in [-0.1, -0.05) is 0 Å². The number of carbonyl (C=O) groups is 1. The van der Waals surface area contributed by atoms with Gasteiger partial charge in [0.1, 0.15) is 9.84 Å². The standard InChI is InChI=1S/C12H16BrNO3S/c1-9(15)10-4-5-12(11(13)8-10)14(2)6-7-18(3,16)17/h4-5,8H,6-7H2,1-3H3. The number of rotatable bonds is 5. The molecule has 0 spiro atoms. The molecule has 0 bridgehead atoms. The zero-order chi connectivity index (χ0) is 13.9. The van der Waals surface area contributed by atoms with Gasteiger partial charge in [0.05, 0.1) is 11.4 Å². The van der Waals surface area contributed by atoms with E-state index in [2.05, 4.69) is 15.9 Å². The van der Waals surface area contributed by atoms with Gasteiger partial charge >= 0.3 is 0 Å². The second-order valence-electron chi connectivity index (χ2n) is 4.27. The third-order valence-electron chi connectivity index (χ3n) is 2.56. The van der Waals surface area contributed by atoms with E-state index in [0.717, 1.165) is 10.2 Å². The Bertz CT molecular complexity index is 554. The maximum atomic E-state index is 11.2. The molecule has 0 atom stereocenters. The molecule has 1 rings (SSSR count). The highest BCUT2D eigenvalue weighted by Crippen LogP contribution is 2.26. The number of benzene rings is 1. The van der Waals surface area contributed by atoms with Crippen LogP contribution >= 0.6 is 15.9 Å². The van der Waals surface area contributed by atoms with Crippen molar-refractivity contribution in [1.82, 2.24) is 0 Å². The van der Waals surface area contributed by atoms with Crippen LogP contribution < -0.4 is 4.90 Å². The van der Waals surface area contributed by atoms with Gasteiger partial charge in [-0.2, -0.15) is 0 Å². The van der Waals surface area contributed by atoms with E-state index in [1.54, 1.807) is 12.1 Å². The molecule has 6 heteroatoms. The fourth-order valence-corrected chi connectivity index (χ4v) is 2.75. The molecule has 0 N–H and O–H groups in total. The summed E-state index contributed by atoms with van der Waals surface area (Å²) in [6.07, 6.45) is 1.22. The quantitative estimate of drug-likeness (QED) is 0.774. The molecule has 0 aliphatic heterocycles. The Morgan fingerprint density at radius 2 is 2.00 bits per heavy atom. The Kier molecular flexibility index (Phi) is 4.92. The van der Waals surface area contributed by atoms with Crippen molar-refractivity contribution in [2.75, 3.05) is 30.5 Å². The van der Waals surface area contributed by atoms with Crippen molar-refractivity contribution in [2.24, 2.45) is 0 Å². The van der Waals surface area contributed by atoms with E-state index in [0.29, 0.717) is 12.1 Å². The van der Waals surface area contributed by atoms with Crippen LogP contribution in [-0.4, -0.2) is 39.8 Å². The fourth-order valence-electron chi connectivity index (χ4n) is 1.46. The van der Waals surface area contributed by atoms with Crippen molar-refractivity contribution in [3.05, 3.63) is 28.2 Å². The molecule has 0 saturated carbocycles. The van der Waals surface area contributed by atoms with Gasteiger partial charge < -0.3 is 4.90 Å². The highest BCUT2D eigenvalue weighted by atomic mass is 79.9. The molecule has 1 aromatic rings. The van der Waals surface area contributed by atoms with E-state index in [1.165, 1.54) is 13.2 Å². The van der Waals surface area contributed by atoms with Gasteiger partial charge in [0.15, 0.2) is 5.78 Å². The Balaban J connectivity index is 2.87. The summed E-state index contributed by atoms with van der Waals surface area (Å²) >= 11 is 3.39. The Hall–Kier alpha value is -0.880. The lowest BCUT2D eigenvalue weighted by molar-refractivity contribution is 0.101. The van der Waals surface area contributed by atoms with Crippen molar-refractivity contribution in [3.8, 4) is 0 Å². The minimum absolute atomic E-state index is 0.000962. The van der Waals surface area contributed by atoms with E-state index in [-0.39, 0.29) is 11.5 Å². The lowest BCUT2D eigenvalue weighted by Crippen LogP contribution is -2.25. The van der Waals surface area contributed by atoms with Crippen LogP contribution in [0.5, 0.6) is 0 Å². The first-order valence-corrected chi connectivity index (χ1v) is 8.25. The first-order valence-electron chi connectivity index (χ1n) is 5.40. The van der Waals surface area contributed by atoms with Crippen molar-refractivity contribution in [2.45, 2.75) is 6.92 Å². The zero-order valence-corrected chi connectivity index (χ0v) is 13.0. The summed E-state index contributed by atoms with van der Waals surface area (Å²) in [5.74, 6) is 0.103. The van der Waals surface area contributed by atoms with Gasteiger partial charge in [0, 0.05) is 29.9 Å². The first kappa shape index (κ1) is 15.2. The largest absolute Gasteiger partial charge is 0.373 e. The van der Waals surface area contributed by atoms with Crippen LogP contribution in [-0.2, 0) is 9.84 Å². The molecule has 4 nitrogen and oxygen atoms in total. The van der Waals surface area contributed by atoms with Gasteiger partial charge in [-0.3, -0.25) is 4.79 Å². The lowest BCUT2D eigenvalue weighted by Gasteiger charge is -2.20. The summed E-state index contributed by atoms with van der Waals surface area (Å²) in [6.45, 7) is 1.92. The number of carbonyl (C=O) groups excluding carboxylic acids is 1. The first-order chi connectivity index (χ1) is 8.20. The SMILES string of the molecule is CC(=O)c1ccc(N(C)CCS(C)(=O)=O)c(Br)c1. The number of hydrogen-bond acceptors (Lipinski definition) is 4. The molecule has 1 aromatic carbocycles. The van der Waals surface area contributed by atoms with Crippen molar-refractivity contribution in [3.63, 3.8) is 0 Å². The molecular formula is C12H16BrNO3S. The van der Waals surface area contributed by atoms with Gasteiger partial charge in [-0.15, -0.1) is 0 Å². The summed E-state index contributed by atoms with van der Waals surface area (Å²) in [7, 11) is -1.15. The molecule has 0 radical (unpaired) electrons. The predicted octanol–water partition coefficient (Wildman–Crippen LogP) is 2.13. The van der Waals surface area contributed by atoms with Crippen molar-refractivity contribution >= 4 is 37.2 Å². The number of Topliss-reactive ketones (excluding diaryl/α,β-unsaturated/α-hetero) is 1. The van der Waals surface area contributed by atoms with E-state index >= 15 is 0 Å². The average Bonchev–Trinajstić information content (AvgIpc) is 2.24. The molecule has 0 fully saturated rings. The van der Waals surface area contributed by atoms with Crippen LogP contribution in [0, 0.1) is 0 Å². The number of sulfone groups is 1. The topological polar surface area (TPSA) is 54.5 Å². The highest BCUT2D eigenvalue weighted by Gasteiger charge is 2.10. The highest BCUT2D eigenvalue weighted by molar-refractivity contribution is 9.10. The van der Waals surface area contributed by atoms with Crippen LogP contribution in [0.3, 0.4) is 0 Å². The minimum atomic E-state index is -2.97. The number of hydrogen-bond donors (Lipinski definition) is 0. The van der Waals surface area contributed by atoms with E-state index in [4.69, 9.17) is 0 Å². The van der Waals surface area contributed by atoms with Gasteiger partial charge in [0.25, 0.3) is 0 Å². The minimum Gasteiger partial charge on any atom is -0.373 e. The van der Waals surface area contributed by atoms with Crippen LogP contribution in [0.15, 0.2) is 22.7 Å². The maximum Gasteiger partial charge on any atom is 0.159 e. The lowest BCUT2D eigenvalue weighted by atomic mass is 10.1. The maximum absolute atomic E-state index is 11.2. The van der Waals surface area contributed by atoms with E-state index in [1.807, 2.05) is 18.0 Å². The van der Waals surface area contributed by atoms with Gasteiger partial charge in [-0.25, -0.2) is 8.42 Å². The Morgan fingerprint density at radius 3 is 2.44 bits per heavy atom. The second-order valence-corrected chi connectivity index (χ2v) is 7.39. The second kappa shape index (κ2) is 5.84. The third-order valence-corrected chi connectivity index (χ3v) is 4.12. The van der Waals surface area contributed by atoms with Crippen molar-refractivity contribution < 1.29 is 13.2 Å².